The minimum Gasteiger partial charge on any atom is -0.497 e. The van der Waals surface area contributed by atoms with E-state index in [1.54, 1.807) is 29.2 Å². The van der Waals surface area contributed by atoms with Gasteiger partial charge in [0.05, 0.1) is 19.2 Å². The van der Waals surface area contributed by atoms with Crippen LogP contribution in [0.25, 0.3) is 11.0 Å². The molecule has 0 radical (unpaired) electrons. The Kier molecular flexibility index (Phi) is 6.71. The van der Waals surface area contributed by atoms with Gasteiger partial charge in [-0.05, 0) is 56.8 Å². The molecule has 4 heterocycles. The highest BCUT2D eigenvalue weighted by molar-refractivity contribution is 6.00. The molecule has 1 unspecified atom stereocenters. The molecule has 1 aromatic heterocycles. The van der Waals surface area contributed by atoms with E-state index in [2.05, 4.69) is 15.5 Å². The zero-order valence-electron chi connectivity index (χ0n) is 23.1. The molecule has 3 N–H and O–H groups in total. The van der Waals surface area contributed by atoms with E-state index in [0.717, 1.165) is 24.5 Å². The average molecular weight is 566 g/mol. The number of carbonyl (C=O) groups is 3. The molecular weight excluding hydrogens is 533 g/mol. The lowest BCUT2D eigenvalue weighted by molar-refractivity contribution is -0.125. The molecule has 3 aromatic rings. The van der Waals surface area contributed by atoms with Crippen LogP contribution in [0.15, 0.2) is 40.8 Å². The number of aliphatic hydroxyl groups is 1. The number of hydrogen-bond acceptors (Lipinski definition) is 8. The number of likely N-dealkylation sites (tertiary alicyclic amines) is 1. The summed E-state index contributed by atoms with van der Waals surface area (Å²) in [6, 6.07) is 9.68. The zero-order chi connectivity index (χ0) is 29.1. The summed E-state index contributed by atoms with van der Waals surface area (Å²) in [4.78, 5) is 45.1. The number of nitrogens with one attached hydrogen (secondary N) is 2. The monoisotopic (exact) mass is 565 g/mol. The second-order valence-electron chi connectivity index (χ2n) is 11.1. The summed E-state index contributed by atoms with van der Waals surface area (Å²) in [5.41, 5.74) is -0.367. The van der Waals surface area contributed by atoms with E-state index < -0.39 is 29.5 Å². The Hall–Kier alpha value is -4.00. The highest BCUT2D eigenvalue weighted by Gasteiger charge is 2.52. The van der Waals surface area contributed by atoms with E-state index in [1.165, 1.54) is 18.1 Å². The van der Waals surface area contributed by atoms with Crippen LogP contribution < -0.4 is 15.4 Å². The topological polar surface area (TPSA) is 128 Å². The molecule has 2 atom stereocenters. The van der Waals surface area contributed by atoms with E-state index in [0.29, 0.717) is 35.8 Å². The van der Waals surface area contributed by atoms with Gasteiger partial charge < -0.3 is 34.3 Å². The zero-order valence-corrected chi connectivity index (χ0v) is 23.1. The summed E-state index contributed by atoms with van der Waals surface area (Å²) in [7, 11) is 5.53. The number of benzene rings is 2. The van der Waals surface area contributed by atoms with Gasteiger partial charge in [0, 0.05) is 42.7 Å². The summed E-state index contributed by atoms with van der Waals surface area (Å²) in [6.07, 6.45) is 0.209. The number of amides is 3. The van der Waals surface area contributed by atoms with Gasteiger partial charge in [-0.15, -0.1) is 0 Å². The lowest BCUT2D eigenvalue weighted by Gasteiger charge is -2.35. The minimum absolute atomic E-state index is 0.0785. The third kappa shape index (κ3) is 4.61. The molecule has 3 aliphatic rings. The van der Waals surface area contributed by atoms with Gasteiger partial charge in [0.2, 0.25) is 0 Å². The first kappa shape index (κ1) is 27.2. The van der Waals surface area contributed by atoms with Crippen molar-refractivity contribution in [3.8, 4) is 5.75 Å². The number of hydrogen-bond donors (Lipinski definition) is 3. The van der Waals surface area contributed by atoms with Gasteiger partial charge in [0.15, 0.2) is 11.9 Å². The van der Waals surface area contributed by atoms with Crippen LogP contribution in [0.3, 0.4) is 0 Å². The predicted octanol–water partition coefficient (Wildman–Crippen LogP) is 1.59. The summed E-state index contributed by atoms with van der Waals surface area (Å²) < 4.78 is 26.4. The number of nitrogens with zero attached hydrogens (tertiary/aromatic N) is 3. The largest absolute Gasteiger partial charge is 0.497 e. The molecule has 12 heteroatoms. The van der Waals surface area contributed by atoms with Crippen LogP contribution in [-0.4, -0.2) is 90.8 Å². The van der Waals surface area contributed by atoms with Gasteiger partial charge in [-0.1, -0.05) is 6.07 Å². The van der Waals surface area contributed by atoms with Crippen LogP contribution >= 0.6 is 0 Å². The molecular formula is C29H32FN5O6. The van der Waals surface area contributed by atoms with Crippen molar-refractivity contribution < 1.29 is 33.0 Å². The van der Waals surface area contributed by atoms with Gasteiger partial charge in [0.25, 0.3) is 17.7 Å². The van der Waals surface area contributed by atoms with Gasteiger partial charge in [-0.3, -0.25) is 19.7 Å². The van der Waals surface area contributed by atoms with E-state index in [-0.39, 0.29) is 35.9 Å². The number of ether oxygens (including phenoxy) is 1. The summed E-state index contributed by atoms with van der Waals surface area (Å²) in [5, 5.41) is 16.0. The summed E-state index contributed by atoms with van der Waals surface area (Å²) in [5.74, 6) is -1.42. The Labute approximate surface area is 235 Å². The van der Waals surface area contributed by atoms with Gasteiger partial charge in [-0.25, -0.2) is 4.39 Å². The highest BCUT2D eigenvalue weighted by atomic mass is 19.1. The quantitative estimate of drug-likeness (QED) is 0.411. The molecule has 3 aliphatic heterocycles. The van der Waals surface area contributed by atoms with Crippen molar-refractivity contribution in [2.45, 2.75) is 37.3 Å². The van der Waals surface area contributed by atoms with Gasteiger partial charge in [-0.2, -0.15) is 0 Å². The predicted molar refractivity (Wildman–Crippen MR) is 145 cm³/mol. The number of furan rings is 1. The molecule has 11 nitrogen and oxygen atoms in total. The summed E-state index contributed by atoms with van der Waals surface area (Å²) in [6.45, 7) is 1.13. The fourth-order valence-electron chi connectivity index (χ4n) is 6.03. The van der Waals surface area contributed by atoms with E-state index in [1.807, 2.05) is 14.1 Å². The van der Waals surface area contributed by atoms with E-state index >= 15 is 4.39 Å². The number of rotatable bonds is 6. The first-order valence-electron chi connectivity index (χ1n) is 13.5. The first-order chi connectivity index (χ1) is 19.6. The Bertz CT molecular complexity index is 1550. The first-order valence-corrected chi connectivity index (χ1v) is 13.5. The van der Waals surface area contributed by atoms with Crippen molar-refractivity contribution in [2.24, 2.45) is 0 Å². The molecule has 2 saturated heterocycles. The number of halogens is 1. The number of methoxy groups -OCH3 is 1. The second-order valence-corrected chi connectivity index (χ2v) is 11.1. The third-order valence-electron chi connectivity index (χ3n) is 8.40. The third-order valence-corrected chi connectivity index (χ3v) is 8.40. The molecule has 6 rings (SSSR count). The Morgan fingerprint density at radius 1 is 1.20 bits per heavy atom. The smallest absolute Gasteiger partial charge is 0.256 e. The van der Waals surface area contributed by atoms with Crippen molar-refractivity contribution in [1.29, 1.82) is 0 Å². The maximum absolute atomic E-state index is 15.2. The van der Waals surface area contributed by atoms with Crippen LogP contribution in [0.4, 0.5) is 4.39 Å². The van der Waals surface area contributed by atoms with E-state index in [9.17, 15) is 19.5 Å². The van der Waals surface area contributed by atoms with Crippen LogP contribution in [0.2, 0.25) is 0 Å². The molecule has 41 heavy (non-hydrogen) atoms. The molecule has 2 fully saturated rings. The van der Waals surface area contributed by atoms with Crippen molar-refractivity contribution in [1.82, 2.24) is 25.3 Å². The maximum atomic E-state index is 15.2. The molecule has 0 aliphatic carbocycles. The standard InChI is InChI=1S/C29H32FN5O6/c1-33(2)18-6-8-34(9-7-18)26(37)21-10-17-11-24(41-23(17)13-22(21)30)29(27(38)31-28(39)32-29)15-35-14-16-4-5-19(40-3)12-20(16)25(35)36/h4-5,10-13,18,28,32,39H,6-9,14-15H2,1-3H3,(H,31,38)/t28?,29-/m0/s1. The number of fused-ring (bicyclic) bond motifs is 2. The normalized spacial score (nSPS) is 23.0. The average Bonchev–Trinajstić information content (AvgIpc) is 3.60. The van der Waals surface area contributed by atoms with E-state index in [4.69, 9.17) is 9.15 Å². The van der Waals surface area contributed by atoms with Crippen molar-refractivity contribution in [2.75, 3.05) is 40.8 Å². The SMILES string of the molecule is COc1ccc2c(c1)C(=O)N(C[C@@]1(c3cc4cc(C(=O)N5CCC(N(C)C)CC5)c(F)cc4o3)NC(O)NC1=O)C2. The fraction of sp³-hybridized carbons (Fsp3) is 0.414. The number of aliphatic hydroxyl groups excluding tert-OH is 1. The Morgan fingerprint density at radius 3 is 2.61 bits per heavy atom. The summed E-state index contributed by atoms with van der Waals surface area (Å²) >= 11 is 0. The molecule has 0 saturated carbocycles. The fourth-order valence-corrected chi connectivity index (χ4v) is 6.03. The van der Waals surface area contributed by atoms with Crippen LogP contribution in [0, 0.1) is 5.82 Å². The number of piperidine rings is 1. The highest BCUT2D eigenvalue weighted by Crippen LogP contribution is 2.36. The van der Waals surface area contributed by atoms with Crippen LogP contribution in [-0.2, 0) is 16.9 Å². The Balaban J connectivity index is 1.31. The lowest BCUT2D eigenvalue weighted by atomic mass is 9.95. The van der Waals surface area contributed by atoms with Crippen molar-refractivity contribution in [3.05, 3.63) is 64.7 Å². The van der Waals surface area contributed by atoms with Gasteiger partial charge >= 0.3 is 0 Å². The molecule has 3 amide bonds. The minimum atomic E-state index is -1.66. The second kappa shape index (κ2) is 10.1. The number of carbonyl (C=O) groups excluding carboxylic acids is 3. The van der Waals surface area contributed by atoms with Crippen LogP contribution in [0.1, 0.15) is 44.9 Å². The molecule has 216 valence electrons. The van der Waals surface area contributed by atoms with Crippen LogP contribution in [0.5, 0.6) is 5.75 Å². The molecule has 2 aromatic carbocycles. The maximum Gasteiger partial charge on any atom is 0.256 e. The molecule has 0 bridgehead atoms. The van der Waals surface area contributed by atoms with Gasteiger partial charge in [0.1, 0.15) is 22.9 Å². The van der Waals surface area contributed by atoms with Crippen molar-refractivity contribution >= 4 is 28.7 Å². The molecule has 0 spiro atoms. The van der Waals surface area contributed by atoms with Crippen molar-refractivity contribution in [3.63, 3.8) is 0 Å². The lowest BCUT2D eigenvalue weighted by Crippen LogP contribution is -2.53. The Morgan fingerprint density at radius 2 is 1.95 bits per heavy atom.